The van der Waals surface area contributed by atoms with Crippen molar-refractivity contribution in [2.75, 3.05) is 26.2 Å². The molecule has 0 radical (unpaired) electrons. The summed E-state index contributed by atoms with van der Waals surface area (Å²) in [6.45, 7) is 9.91. The molecule has 2 fully saturated rings. The van der Waals surface area contributed by atoms with Crippen LogP contribution in [-0.2, 0) is 0 Å². The van der Waals surface area contributed by atoms with Crippen LogP contribution < -0.4 is 5.32 Å². The van der Waals surface area contributed by atoms with Crippen LogP contribution in [0, 0.1) is 11.8 Å². The molecule has 1 N–H and O–H groups in total. The Hall–Kier alpha value is -0.0800. The van der Waals surface area contributed by atoms with Gasteiger partial charge in [-0.05, 0) is 83.0 Å². The van der Waals surface area contributed by atoms with E-state index in [1.807, 2.05) is 0 Å². The van der Waals surface area contributed by atoms with Crippen molar-refractivity contribution in [2.45, 2.75) is 64.8 Å². The minimum Gasteiger partial charge on any atom is -0.316 e. The second-order valence-corrected chi connectivity index (χ2v) is 6.80. The molecule has 0 bridgehead atoms. The van der Waals surface area contributed by atoms with Gasteiger partial charge in [0.2, 0.25) is 0 Å². The fourth-order valence-corrected chi connectivity index (χ4v) is 3.09. The van der Waals surface area contributed by atoms with Crippen LogP contribution >= 0.6 is 0 Å². The number of nitrogens with one attached hydrogen (secondary N) is 1. The summed E-state index contributed by atoms with van der Waals surface area (Å²) in [6, 6.07) is 0.952. The maximum Gasteiger partial charge on any atom is 0.00964 e. The molecule has 0 aromatic rings. The third kappa shape index (κ3) is 5.27. The average Bonchev–Trinajstić information content (AvgIpc) is 3.19. The molecule has 1 saturated carbocycles. The fraction of sp³-hybridized carbons (Fsp3) is 1.00. The molecule has 2 rings (SSSR count). The third-order valence-corrected chi connectivity index (χ3v) is 4.51. The van der Waals surface area contributed by atoms with Gasteiger partial charge in [-0.1, -0.05) is 13.8 Å². The summed E-state index contributed by atoms with van der Waals surface area (Å²) in [4.78, 5) is 2.77. The molecule has 18 heavy (non-hydrogen) atoms. The first-order valence-corrected chi connectivity index (χ1v) is 8.20. The van der Waals surface area contributed by atoms with E-state index in [2.05, 4.69) is 24.1 Å². The lowest BCUT2D eigenvalue weighted by Gasteiger charge is -2.26. The highest BCUT2D eigenvalue weighted by Gasteiger charge is 2.28. The van der Waals surface area contributed by atoms with Crippen LogP contribution in [0.25, 0.3) is 0 Å². The summed E-state index contributed by atoms with van der Waals surface area (Å²) < 4.78 is 0. The quantitative estimate of drug-likeness (QED) is 0.713. The van der Waals surface area contributed by atoms with Gasteiger partial charge in [0.15, 0.2) is 0 Å². The van der Waals surface area contributed by atoms with E-state index in [9.17, 15) is 0 Å². The van der Waals surface area contributed by atoms with E-state index >= 15 is 0 Å². The summed E-state index contributed by atoms with van der Waals surface area (Å²) in [5, 5.41) is 3.53. The van der Waals surface area contributed by atoms with Crippen LogP contribution in [0.15, 0.2) is 0 Å². The molecule has 1 saturated heterocycles. The summed E-state index contributed by atoms with van der Waals surface area (Å²) in [5.74, 6) is 1.82. The first kappa shape index (κ1) is 14.3. The Labute approximate surface area is 114 Å². The van der Waals surface area contributed by atoms with E-state index in [0.29, 0.717) is 0 Å². The molecular weight excluding hydrogens is 220 g/mol. The van der Waals surface area contributed by atoms with Gasteiger partial charge in [0.25, 0.3) is 0 Å². The van der Waals surface area contributed by atoms with Crippen molar-refractivity contribution in [1.29, 1.82) is 0 Å². The monoisotopic (exact) mass is 252 g/mol. The smallest absolute Gasteiger partial charge is 0.00964 e. The molecule has 1 aliphatic carbocycles. The Balaban J connectivity index is 1.59. The van der Waals surface area contributed by atoms with Crippen molar-refractivity contribution in [1.82, 2.24) is 10.2 Å². The van der Waals surface area contributed by atoms with Crippen LogP contribution in [0.4, 0.5) is 0 Å². The molecule has 106 valence electrons. The number of rotatable bonds is 8. The van der Waals surface area contributed by atoms with Crippen molar-refractivity contribution in [3.63, 3.8) is 0 Å². The van der Waals surface area contributed by atoms with E-state index < -0.39 is 0 Å². The minimum absolute atomic E-state index is 0.855. The minimum atomic E-state index is 0.855. The van der Waals surface area contributed by atoms with Gasteiger partial charge < -0.3 is 10.2 Å². The van der Waals surface area contributed by atoms with Gasteiger partial charge in [-0.3, -0.25) is 0 Å². The second-order valence-electron chi connectivity index (χ2n) is 6.80. The fourth-order valence-electron chi connectivity index (χ4n) is 3.09. The molecule has 0 aromatic carbocycles. The Kier molecular flexibility index (Phi) is 5.97. The predicted octanol–water partition coefficient (Wildman–Crippen LogP) is 3.28. The third-order valence-electron chi connectivity index (χ3n) is 4.51. The van der Waals surface area contributed by atoms with Crippen molar-refractivity contribution in [3.05, 3.63) is 0 Å². The zero-order chi connectivity index (χ0) is 12.8. The van der Waals surface area contributed by atoms with E-state index in [4.69, 9.17) is 0 Å². The lowest BCUT2D eigenvalue weighted by molar-refractivity contribution is 0.231. The number of nitrogens with zero attached hydrogens (tertiary/aromatic N) is 1. The number of hydrogen-bond donors (Lipinski definition) is 1. The van der Waals surface area contributed by atoms with E-state index in [1.54, 1.807) is 0 Å². The zero-order valence-corrected chi connectivity index (χ0v) is 12.5. The lowest BCUT2D eigenvalue weighted by atomic mass is 9.94. The largest absolute Gasteiger partial charge is 0.316 e. The van der Waals surface area contributed by atoms with Gasteiger partial charge in [0, 0.05) is 6.04 Å². The maximum absolute atomic E-state index is 3.53. The van der Waals surface area contributed by atoms with Gasteiger partial charge in [-0.25, -0.2) is 0 Å². The first-order valence-electron chi connectivity index (χ1n) is 8.20. The van der Waals surface area contributed by atoms with Crippen LogP contribution in [0.1, 0.15) is 58.8 Å². The molecule has 1 heterocycles. The summed E-state index contributed by atoms with van der Waals surface area (Å²) in [7, 11) is 0. The van der Waals surface area contributed by atoms with Gasteiger partial charge >= 0.3 is 0 Å². The van der Waals surface area contributed by atoms with Gasteiger partial charge in [0.05, 0.1) is 0 Å². The highest BCUT2D eigenvalue weighted by molar-refractivity contribution is 4.84. The number of piperidine rings is 1. The van der Waals surface area contributed by atoms with Crippen LogP contribution in [0.2, 0.25) is 0 Å². The zero-order valence-electron chi connectivity index (χ0n) is 12.5. The van der Waals surface area contributed by atoms with E-state index in [-0.39, 0.29) is 0 Å². The molecule has 0 spiro atoms. The molecular formula is C16H32N2. The molecule has 2 nitrogen and oxygen atoms in total. The van der Waals surface area contributed by atoms with Gasteiger partial charge in [-0.2, -0.15) is 0 Å². The summed E-state index contributed by atoms with van der Waals surface area (Å²) in [5.41, 5.74) is 0. The molecule has 1 atom stereocenters. The molecule has 0 aromatic heterocycles. The van der Waals surface area contributed by atoms with Crippen molar-refractivity contribution >= 4 is 0 Å². The van der Waals surface area contributed by atoms with Gasteiger partial charge in [0.1, 0.15) is 0 Å². The standard InChI is InChI=1S/C16H32N2/c1-14(2)9-12-18(16-7-8-16)11-4-6-15-5-3-10-17-13-15/h14-17H,3-13H2,1-2H3. The van der Waals surface area contributed by atoms with E-state index in [0.717, 1.165) is 17.9 Å². The Morgan fingerprint density at radius 3 is 2.61 bits per heavy atom. The van der Waals surface area contributed by atoms with Crippen LogP contribution in [-0.4, -0.2) is 37.1 Å². The second kappa shape index (κ2) is 7.49. The topological polar surface area (TPSA) is 15.3 Å². The summed E-state index contributed by atoms with van der Waals surface area (Å²) >= 11 is 0. The maximum atomic E-state index is 3.53. The normalized spacial score (nSPS) is 25.0. The van der Waals surface area contributed by atoms with Crippen molar-refractivity contribution in [3.8, 4) is 0 Å². The SMILES string of the molecule is CC(C)CCN(CCCC1CCCNC1)C1CC1. The van der Waals surface area contributed by atoms with Gasteiger partial charge in [-0.15, -0.1) is 0 Å². The lowest BCUT2D eigenvalue weighted by Crippen LogP contribution is -2.32. The van der Waals surface area contributed by atoms with Crippen molar-refractivity contribution < 1.29 is 0 Å². The summed E-state index contributed by atoms with van der Waals surface area (Å²) in [6.07, 6.45) is 10.0. The highest BCUT2D eigenvalue weighted by atomic mass is 15.2. The van der Waals surface area contributed by atoms with Crippen molar-refractivity contribution in [2.24, 2.45) is 11.8 Å². The molecule has 2 aliphatic rings. The Morgan fingerprint density at radius 2 is 2.00 bits per heavy atom. The average molecular weight is 252 g/mol. The molecule has 1 aliphatic heterocycles. The first-order chi connectivity index (χ1) is 8.75. The molecule has 1 unspecified atom stereocenters. The highest BCUT2D eigenvalue weighted by Crippen LogP contribution is 2.28. The molecule has 0 amide bonds. The van der Waals surface area contributed by atoms with Crippen LogP contribution in [0.5, 0.6) is 0 Å². The van der Waals surface area contributed by atoms with Crippen LogP contribution in [0.3, 0.4) is 0 Å². The number of hydrogen-bond acceptors (Lipinski definition) is 2. The predicted molar refractivity (Wildman–Crippen MR) is 78.9 cm³/mol. The van der Waals surface area contributed by atoms with E-state index in [1.165, 1.54) is 71.1 Å². The Morgan fingerprint density at radius 1 is 1.17 bits per heavy atom. The molecule has 2 heteroatoms. The Bertz CT molecular complexity index is 217.